The Balaban J connectivity index is 1.59. The number of piperazine rings is 1. The number of furan rings is 1. The van der Waals surface area contributed by atoms with Crippen LogP contribution in [-0.2, 0) is 22.7 Å². The first-order chi connectivity index (χ1) is 13.6. The highest BCUT2D eigenvalue weighted by atomic mass is 32.2. The van der Waals surface area contributed by atoms with Crippen molar-refractivity contribution in [3.63, 3.8) is 0 Å². The molecule has 2 heterocycles. The third-order valence-electron chi connectivity index (χ3n) is 4.65. The molecule has 1 aliphatic rings. The summed E-state index contributed by atoms with van der Waals surface area (Å²) in [4.78, 5) is 16.0. The van der Waals surface area contributed by atoms with E-state index in [9.17, 15) is 26.4 Å². The van der Waals surface area contributed by atoms with E-state index in [-0.39, 0.29) is 10.9 Å². The summed E-state index contributed by atoms with van der Waals surface area (Å²) in [5, 5.41) is -0.341. The first-order valence-electron chi connectivity index (χ1n) is 8.81. The van der Waals surface area contributed by atoms with E-state index in [1.54, 1.807) is 6.07 Å². The maximum absolute atomic E-state index is 12.8. The van der Waals surface area contributed by atoms with Gasteiger partial charge in [0.1, 0.15) is 0 Å². The molecule has 0 radical (unpaired) electrons. The van der Waals surface area contributed by atoms with Crippen LogP contribution in [-0.4, -0.2) is 57.4 Å². The highest BCUT2D eigenvalue weighted by Gasteiger charge is 2.31. The zero-order chi connectivity index (χ0) is 21.2. The quantitative estimate of drug-likeness (QED) is 0.785. The van der Waals surface area contributed by atoms with Gasteiger partial charge >= 0.3 is 6.18 Å². The van der Waals surface area contributed by atoms with Crippen LogP contribution in [0.5, 0.6) is 0 Å². The SMILES string of the molecule is CNS(=O)(=O)c1ccc(C(=O)N2CCN(Cc3cccc(C(F)(F)F)c3)CC2)o1. The maximum Gasteiger partial charge on any atom is 0.416 e. The summed E-state index contributed by atoms with van der Waals surface area (Å²) in [6.45, 7) is 2.01. The lowest BCUT2D eigenvalue weighted by Gasteiger charge is -2.34. The molecule has 3 rings (SSSR count). The van der Waals surface area contributed by atoms with Crippen molar-refractivity contribution in [1.82, 2.24) is 14.5 Å². The summed E-state index contributed by atoms with van der Waals surface area (Å²) in [7, 11) is -2.54. The molecule has 0 saturated carbocycles. The van der Waals surface area contributed by atoms with Gasteiger partial charge in [0.2, 0.25) is 5.09 Å². The van der Waals surface area contributed by atoms with Crippen LogP contribution < -0.4 is 4.72 Å². The van der Waals surface area contributed by atoms with Crippen LogP contribution >= 0.6 is 0 Å². The summed E-state index contributed by atoms with van der Waals surface area (Å²) < 4.78 is 69.2. The van der Waals surface area contributed by atoms with E-state index in [1.165, 1.54) is 30.1 Å². The van der Waals surface area contributed by atoms with Crippen molar-refractivity contribution in [2.24, 2.45) is 0 Å². The topological polar surface area (TPSA) is 82.9 Å². The van der Waals surface area contributed by atoms with Gasteiger partial charge in [0.15, 0.2) is 5.76 Å². The summed E-state index contributed by atoms with van der Waals surface area (Å²) in [5.74, 6) is -0.508. The average Bonchev–Trinajstić information content (AvgIpc) is 3.19. The number of halogens is 3. The van der Waals surface area contributed by atoms with Crippen molar-refractivity contribution < 1.29 is 30.8 Å². The van der Waals surface area contributed by atoms with Crippen molar-refractivity contribution >= 4 is 15.9 Å². The first kappa shape index (κ1) is 21.3. The molecule has 0 unspecified atom stereocenters. The van der Waals surface area contributed by atoms with Crippen molar-refractivity contribution in [3.05, 3.63) is 53.3 Å². The minimum absolute atomic E-state index is 0.0786. The molecule has 1 fully saturated rings. The van der Waals surface area contributed by atoms with Crippen LogP contribution in [0.4, 0.5) is 13.2 Å². The molecule has 1 aromatic heterocycles. The predicted octanol–water partition coefficient (Wildman–Crippen LogP) is 2.16. The number of amides is 1. The third-order valence-corrected chi connectivity index (χ3v) is 5.93. The zero-order valence-electron chi connectivity index (χ0n) is 15.6. The Kier molecular flexibility index (Phi) is 6.01. The monoisotopic (exact) mass is 431 g/mol. The molecule has 1 N–H and O–H groups in total. The van der Waals surface area contributed by atoms with Crippen LogP contribution in [0.25, 0.3) is 0 Å². The molecule has 0 spiro atoms. The summed E-state index contributed by atoms with van der Waals surface area (Å²) in [6, 6.07) is 7.70. The summed E-state index contributed by atoms with van der Waals surface area (Å²) >= 11 is 0. The van der Waals surface area contributed by atoms with Gasteiger partial charge in [0.05, 0.1) is 5.56 Å². The number of carbonyl (C=O) groups excluding carboxylic acids is 1. The fourth-order valence-corrected chi connectivity index (χ4v) is 3.70. The normalized spacial score (nSPS) is 16.2. The van der Waals surface area contributed by atoms with E-state index in [4.69, 9.17) is 4.42 Å². The van der Waals surface area contributed by atoms with Crippen molar-refractivity contribution in [2.75, 3.05) is 33.2 Å². The molecule has 29 heavy (non-hydrogen) atoms. The van der Waals surface area contributed by atoms with Crippen LogP contribution in [0.15, 0.2) is 45.9 Å². The fraction of sp³-hybridized carbons (Fsp3) is 0.389. The van der Waals surface area contributed by atoms with Gasteiger partial charge in [-0.15, -0.1) is 0 Å². The van der Waals surface area contributed by atoms with Gasteiger partial charge in [0, 0.05) is 32.7 Å². The Labute approximate surface area is 166 Å². The second kappa shape index (κ2) is 8.17. The minimum Gasteiger partial charge on any atom is -0.438 e. The van der Waals surface area contributed by atoms with E-state index >= 15 is 0 Å². The van der Waals surface area contributed by atoms with E-state index in [1.807, 2.05) is 4.90 Å². The van der Waals surface area contributed by atoms with E-state index in [0.717, 1.165) is 12.1 Å². The molecule has 0 aliphatic carbocycles. The summed E-state index contributed by atoms with van der Waals surface area (Å²) in [5.41, 5.74) is -0.137. The van der Waals surface area contributed by atoms with E-state index in [2.05, 4.69) is 4.72 Å². The van der Waals surface area contributed by atoms with Gasteiger partial charge in [-0.05, 0) is 30.8 Å². The number of nitrogens with zero attached hydrogens (tertiary/aromatic N) is 2. The molecule has 1 aliphatic heterocycles. The Hall–Kier alpha value is -2.37. The second-order valence-electron chi connectivity index (χ2n) is 6.59. The second-order valence-corrected chi connectivity index (χ2v) is 8.41. The molecule has 2 aromatic rings. The lowest BCUT2D eigenvalue weighted by atomic mass is 10.1. The summed E-state index contributed by atoms with van der Waals surface area (Å²) in [6.07, 6.45) is -4.39. The number of rotatable bonds is 5. The van der Waals surface area contributed by atoms with Crippen molar-refractivity contribution in [3.8, 4) is 0 Å². The average molecular weight is 431 g/mol. The van der Waals surface area contributed by atoms with Gasteiger partial charge in [-0.25, -0.2) is 13.1 Å². The van der Waals surface area contributed by atoms with Crippen LogP contribution in [0, 0.1) is 0 Å². The number of hydrogen-bond donors (Lipinski definition) is 1. The van der Waals surface area contributed by atoms with Crippen LogP contribution in [0.2, 0.25) is 0 Å². The van der Waals surface area contributed by atoms with Gasteiger partial charge in [-0.3, -0.25) is 9.69 Å². The molecule has 1 aromatic carbocycles. The Morgan fingerprint density at radius 2 is 1.83 bits per heavy atom. The number of hydrogen-bond acceptors (Lipinski definition) is 5. The number of alkyl halides is 3. The van der Waals surface area contributed by atoms with E-state index < -0.39 is 27.7 Å². The Morgan fingerprint density at radius 3 is 2.45 bits per heavy atom. The van der Waals surface area contributed by atoms with Crippen LogP contribution in [0.1, 0.15) is 21.7 Å². The largest absolute Gasteiger partial charge is 0.438 e. The number of benzene rings is 1. The maximum atomic E-state index is 12.8. The molecule has 158 valence electrons. The third kappa shape index (κ3) is 4.98. The minimum atomic E-state index is -4.39. The smallest absolute Gasteiger partial charge is 0.416 e. The number of nitrogens with one attached hydrogen (secondary N) is 1. The van der Waals surface area contributed by atoms with Gasteiger partial charge in [-0.2, -0.15) is 13.2 Å². The fourth-order valence-electron chi connectivity index (χ4n) is 3.05. The number of carbonyl (C=O) groups is 1. The lowest BCUT2D eigenvalue weighted by Crippen LogP contribution is -2.48. The molecule has 0 atom stereocenters. The molecule has 1 saturated heterocycles. The highest BCUT2D eigenvalue weighted by molar-refractivity contribution is 7.89. The van der Waals surface area contributed by atoms with Crippen molar-refractivity contribution in [2.45, 2.75) is 17.8 Å². The molecule has 7 nitrogen and oxygen atoms in total. The molecule has 1 amide bonds. The molecule has 11 heteroatoms. The Bertz CT molecular complexity index is 980. The molecule has 0 bridgehead atoms. The van der Waals surface area contributed by atoms with Gasteiger partial charge < -0.3 is 9.32 Å². The lowest BCUT2D eigenvalue weighted by molar-refractivity contribution is -0.137. The van der Waals surface area contributed by atoms with Crippen LogP contribution in [0.3, 0.4) is 0 Å². The Morgan fingerprint density at radius 1 is 1.14 bits per heavy atom. The molecular formula is C18H20F3N3O4S. The van der Waals surface area contributed by atoms with Gasteiger partial charge in [-0.1, -0.05) is 18.2 Å². The van der Waals surface area contributed by atoms with E-state index in [0.29, 0.717) is 38.3 Å². The highest BCUT2D eigenvalue weighted by Crippen LogP contribution is 2.29. The predicted molar refractivity (Wildman–Crippen MR) is 97.6 cm³/mol. The molecular weight excluding hydrogens is 411 g/mol. The van der Waals surface area contributed by atoms with Crippen molar-refractivity contribution in [1.29, 1.82) is 0 Å². The van der Waals surface area contributed by atoms with Gasteiger partial charge in [0.25, 0.3) is 15.9 Å². The zero-order valence-corrected chi connectivity index (χ0v) is 16.4. The number of sulfonamides is 1. The standard InChI is InChI=1S/C18H20F3N3O4S/c1-22-29(26,27)16-6-5-15(28-16)17(25)24-9-7-23(8-10-24)12-13-3-2-4-14(11-13)18(19,20)21/h2-6,11,22H,7-10,12H2,1H3. The first-order valence-corrected chi connectivity index (χ1v) is 10.3.